The fraction of sp³-hybridized carbons (Fsp3) is 0.533. The van der Waals surface area contributed by atoms with E-state index in [1.807, 2.05) is 6.92 Å². The minimum Gasteiger partial charge on any atom is -0.480 e. The van der Waals surface area contributed by atoms with Crippen LogP contribution in [0.5, 0.6) is 0 Å². The van der Waals surface area contributed by atoms with E-state index in [1.165, 1.54) is 25.1 Å². The highest BCUT2D eigenvalue weighted by atomic mass is 32.2. The summed E-state index contributed by atoms with van der Waals surface area (Å²) in [5, 5.41) is 8.85. The Kier molecular flexibility index (Phi) is 5.38. The molecule has 2 N–H and O–H groups in total. The summed E-state index contributed by atoms with van der Waals surface area (Å²) in [7, 11) is -3.78. The first-order valence-corrected chi connectivity index (χ1v) is 8.96. The van der Waals surface area contributed by atoms with Crippen LogP contribution in [0.3, 0.4) is 0 Å². The molecule has 0 saturated heterocycles. The van der Waals surface area contributed by atoms with Gasteiger partial charge in [-0.3, -0.25) is 9.69 Å². The van der Waals surface area contributed by atoms with Crippen LogP contribution in [0.25, 0.3) is 0 Å². The van der Waals surface area contributed by atoms with E-state index in [0.29, 0.717) is 19.4 Å². The van der Waals surface area contributed by atoms with Gasteiger partial charge in [0.25, 0.3) is 0 Å². The van der Waals surface area contributed by atoms with Gasteiger partial charge in [-0.05, 0) is 38.4 Å². The monoisotopic (exact) mass is 344 g/mol. The molecule has 1 aliphatic carbocycles. The molecule has 1 saturated carbocycles. The molecule has 0 aromatic heterocycles. The maximum atomic E-state index is 13.5. The SMILES string of the molecule is CCN(CC(=O)O)C1CC(NS(=O)(=O)c2cccc(F)c2C)C1. The number of aliphatic carboxylic acids is 1. The van der Waals surface area contributed by atoms with Gasteiger partial charge in [0.1, 0.15) is 5.82 Å². The number of carbonyl (C=O) groups is 1. The molecule has 0 aliphatic heterocycles. The molecule has 8 heteroatoms. The first-order chi connectivity index (χ1) is 10.7. The number of carboxylic acids is 1. The van der Waals surface area contributed by atoms with Crippen LogP contribution in [0, 0.1) is 12.7 Å². The van der Waals surface area contributed by atoms with Crippen molar-refractivity contribution in [3.8, 4) is 0 Å². The van der Waals surface area contributed by atoms with Crippen LogP contribution in [-0.4, -0.2) is 49.6 Å². The molecule has 128 valence electrons. The average Bonchev–Trinajstić information content (AvgIpc) is 2.42. The zero-order valence-electron chi connectivity index (χ0n) is 13.1. The van der Waals surface area contributed by atoms with E-state index in [-0.39, 0.29) is 29.1 Å². The second-order valence-electron chi connectivity index (χ2n) is 5.76. The third kappa shape index (κ3) is 4.07. The third-order valence-electron chi connectivity index (χ3n) is 4.20. The Bertz CT molecular complexity index is 687. The minimum atomic E-state index is -3.78. The lowest BCUT2D eigenvalue weighted by molar-refractivity contribution is -0.139. The van der Waals surface area contributed by atoms with Gasteiger partial charge in [0, 0.05) is 17.6 Å². The first-order valence-electron chi connectivity index (χ1n) is 7.48. The maximum Gasteiger partial charge on any atom is 0.317 e. The number of benzene rings is 1. The van der Waals surface area contributed by atoms with E-state index in [2.05, 4.69) is 4.72 Å². The van der Waals surface area contributed by atoms with Crippen LogP contribution in [0.2, 0.25) is 0 Å². The molecule has 0 atom stereocenters. The summed E-state index contributed by atoms with van der Waals surface area (Å²) in [5.41, 5.74) is 0.0944. The fourth-order valence-corrected chi connectivity index (χ4v) is 4.33. The van der Waals surface area contributed by atoms with Gasteiger partial charge >= 0.3 is 5.97 Å². The zero-order valence-corrected chi connectivity index (χ0v) is 13.9. The molecule has 1 aromatic rings. The summed E-state index contributed by atoms with van der Waals surface area (Å²) in [6.45, 7) is 3.85. The van der Waals surface area contributed by atoms with Crippen molar-refractivity contribution in [3.05, 3.63) is 29.6 Å². The van der Waals surface area contributed by atoms with Crippen molar-refractivity contribution in [3.63, 3.8) is 0 Å². The molecule has 1 aliphatic rings. The Balaban J connectivity index is 1.99. The van der Waals surface area contributed by atoms with E-state index < -0.39 is 21.8 Å². The number of sulfonamides is 1. The quantitative estimate of drug-likeness (QED) is 0.780. The molecule has 2 rings (SSSR count). The van der Waals surface area contributed by atoms with Crippen LogP contribution >= 0.6 is 0 Å². The van der Waals surface area contributed by atoms with Crippen molar-refractivity contribution in [1.82, 2.24) is 9.62 Å². The Morgan fingerprint density at radius 1 is 1.43 bits per heavy atom. The van der Waals surface area contributed by atoms with Crippen molar-refractivity contribution >= 4 is 16.0 Å². The van der Waals surface area contributed by atoms with Crippen molar-refractivity contribution in [2.24, 2.45) is 0 Å². The van der Waals surface area contributed by atoms with E-state index in [1.54, 1.807) is 4.90 Å². The number of carboxylic acid groups (broad SMARTS) is 1. The predicted octanol–water partition coefficient (Wildman–Crippen LogP) is 1.35. The molecule has 0 unspecified atom stereocenters. The summed E-state index contributed by atoms with van der Waals surface area (Å²) < 4.78 is 40.8. The summed E-state index contributed by atoms with van der Waals surface area (Å²) in [4.78, 5) is 12.5. The van der Waals surface area contributed by atoms with Gasteiger partial charge in [-0.1, -0.05) is 13.0 Å². The van der Waals surface area contributed by atoms with E-state index in [9.17, 15) is 17.6 Å². The summed E-state index contributed by atoms with van der Waals surface area (Å²) in [6.07, 6.45) is 1.10. The normalized spacial score (nSPS) is 21.2. The fourth-order valence-electron chi connectivity index (χ4n) is 2.82. The Morgan fingerprint density at radius 2 is 2.09 bits per heavy atom. The standard InChI is InChI=1S/C15H21FN2O4S/c1-3-18(9-15(19)20)12-7-11(8-12)17-23(21,22)14-6-4-5-13(16)10(14)2/h4-6,11-12,17H,3,7-9H2,1-2H3,(H,19,20). The van der Waals surface area contributed by atoms with E-state index >= 15 is 0 Å². The van der Waals surface area contributed by atoms with Crippen LogP contribution in [-0.2, 0) is 14.8 Å². The first kappa shape index (κ1) is 17.8. The number of hydrogen-bond acceptors (Lipinski definition) is 4. The second kappa shape index (κ2) is 6.94. The van der Waals surface area contributed by atoms with Crippen molar-refractivity contribution in [2.75, 3.05) is 13.1 Å². The number of likely N-dealkylation sites (N-methyl/N-ethyl adjacent to an activating group) is 1. The van der Waals surface area contributed by atoms with Gasteiger partial charge in [-0.2, -0.15) is 0 Å². The summed E-state index contributed by atoms with van der Waals surface area (Å²) in [5.74, 6) is -1.45. The number of rotatable bonds is 7. The largest absolute Gasteiger partial charge is 0.480 e. The lowest BCUT2D eigenvalue weighted by Gasteiger charge is -2.42. The molecule has 0 amide bonds. The minimum absolute atomic E-state index is 0.0519. The van der Waals surface area contributed by atoms with Gasteiger partial charge in [0.05, 0.1) is 11.4 Å². The maximum absolute atomic E-state index is 13.5. The van der Waals surface area contributed by atoms with Crippen LogP contribution in [0.1, 0.15) is 25.3 Å². The molecule has 1 fully saturated rings. The van der Waals surface area contributed by atoms with Crippen LogP contribution < -0.4 is 4.72 Å². The highest BCUT2D eigenvalue weighted by Gasteiger charge is 2.36. The van der Waals surface area contributed by atoms with Crippen LogP contribution in [0.15, 0.2) is 23.1 Å². The highest BCUT2D eigenvalue weighted by Crippen LogP contribution is 2.28. The summed E-state index contributed by atoms with van der Waals surface area (Å²) >= 11 is 0. The van der Waals surface area contributed by atoms with Gasteiger partial charge in [-0.15, -0.1) is 0 Å². The second-order valence-corrected chi connectivity index (χ2v) is 7.45. The predicted molar refractivity (Wildman–Crippen MR) is 83.2 cm³/mol. The molecule has 0 spiro atoms. The summed E-state index contributed by atoms with van der Waals surface area (Å²) in [6, 6.07) is 3.76. The molecule has 0 heterocycles. The lowest BCUT2D eigenvalue weighted by atomic mass is 9.86. The number of nitrogens with one attached hydrogen (secondary N) is 1. The molecule has 0 bridgehead atoms. The Morgan fingerprint density at radius 3 is 2.65 bits per heavy atom. The zero-order chi connectivity index (χ0) is 17.2. The number of halogens is 1. The molecular weight excluding hydrogens is 323 g/mol. The van der Waals surface area contributed by atoms with Crippen molar-refractivity contribution in [1.29, 1.82) is 0 Å². The number of hydrogen-bond donors (Lipinski definition) is 2. The van der Waals surface area contributed by atoms with E-state index in [4.69, 9.17) is 5.11 Å². The van der Waals surface area contributed by atoms with Gasteiger partial charge in [0.2, 0.25) is 10.0 Å². The topological polar surface area (TPSA) is 86.7 Å². The van der Waals surface area contributed by atoms with Gasteiger partial charge in [0.15, 0.2) is 0 Å². The van der Waals surface area contributed by atoms with E-state index in [0.717, 1.165) is 0 Å². The van der Waals surface area contributed by atoms with Gasteiger partial charge < -0.3 is 5.11 Å². The smallest absolute Gasteiger partial charge is 0.317 e. The molecular formula is C15H21FN2O4S. The molecule has 23 heavy (non-hydrogen) atoms. The Labute approximate surface area is 135 Å². The van der Waals surface area contributed by atoms with Crippen molar-refractivity contribution < 1.29 is 22.7 Å². The Hall–Kier alpha value is -1.51. The molecule has 1 aromatic carbocycles. The van der Waals surface area contributed by atoms with Crippen molar-refractivity contribution in [2.45, 2.75) is 43.7 Å². The molecule has 0 radical (unpaired) electrons. The lowest BCUT2D eigenvalue weighted by Crippen LogP contribution is -2.54. The van der Waals surface area contributed by atoms with Gasteiger partial charge in [-0.25, -0.2) is 17.5 Å². The number of nitrogens with zero attached hydrogens (tertiary/aromatic N) is 1. The van der Waals surface area contributed by atoms with Crippen LogP contribution in [0.4, 0.5) is 4.39 Å². The average molecular weight is 344 g/mol. The third-order valence-corrected chi connectivity index (χ3v) is 5.87. The molecule has 6 nitrogen and oxygen atoms in total. The highest BCUT2D eigenvalue weighted by molar-refractivity contribution is 7.89.